The molecule has 0 aliphatic carbocycles. The summed E-state index contributed by atoms with van der Waals surface area (Å²) in [6, 6.07) is 14.9. The van der Waals surface area contributed by atoms with Crippen molar-refractivity contribution in [3.8, 4) is 5.75 Å². The van der Waals surface area contributed by atoms with Gasteiger partial charge in [-0.1, -0.05) is 23.8 Å². The third kappa shape index (κ3) is 3.22. The molecule has 7 nitrogen and oxygen atoms in total. The predicted octanol–water partition coefficient (Wildman–Crippen LogP) is 3.73. The molecule has 0 bridgehead atoms. The zero-order chi connectivity index (χ0) is 23.3. The van der Waals surface area contributed by atoms with E-state index < -0.39 is 27.2 Å². The third-order valence-electron chi connectivity index (χ3n) is 5.90. The van der Waals surface area contributed by atoms with Crippen LogP contribution in [0.2, 0.25) is 0 Å². The van der Waals surface area contributed by atoms with Crippen LogP contribution in [-0.4, -0.2) is 40.9 Å². The van der Waals surface area contributed by atoms with Crippen molar-refractivity contribution in [2.75, 3.05) is 25.1 Å². The highest BCUT2D eigenvalue weighted by Crippen LogP contribution is 2.44. The van der Waals surface area contributed by atoms with Crippen molar-refractivity contribution < 1.29 is 27.5 Å². The number of sulfonamides is 1. The van der Waals surface area contributed by atoms with Gasteiger partial charge in [-0.25, -0.2) is 8.42 Å². The van der Waals surface area contributed by atoms with E-state index in [-0.39, 0.29) is 22.7 Å². The third-order valence-corrected chi connectivity index (χ3v) is 7.66. The Bertz CT molecular complexity index is 1350. The van der Waals surface area contributed by atoms with Crippen molar-refractivity contribution in [1.82, 2.24) is 0 Å². The van der Waals surface area contributed by atoms with Gasteiger partial charge >= 0.3 is 5.97 Å². The lowest BCUT2D eigenvalue weighted by Gasteiger charge is -2.39. The molecule has 0 radical (unpaired) electrons. The number of methoxy groups -OCH3 is 2. The Morgan fingerprint density at radius 1 is 1.03 bits per heavy atom. The first-order valence-electron chi connectivity index (χ1n) is 9.97. The highest BCUT2D eigenvalue weighted by Gasteiger charge is 2.51. The quantitative estimate of drug-likeness (QED) is 0.442. The van der Waals surface area contributed by atoms with E-state index in [4.69, 9.17) is 9.47 Å². The summed E-state index contributed by atoms with van der Waals surface area (Å²) in [6.45, 7) is 2.91. The van der Waals surface area contributed by atoms with Crippen molar-refractivity contribution >= 4 is 38.2 Å². The number of Topliss-reactive ketones (excluding diaryl/α,β-unsaturated/α-hetero) is 1. The summed E-state index contributed by atoms with van der Waals surface area (Å²) in [7, 11) is -1.37. The fourth-order valence-electron chi connectivity index (χ4n) is 4.03. The second-order valence-corrected chi connectivity index (χ2v) is 9.89. The van der Waals surface area contributed by atoms with Crippen LogP contribution in [0.4, 0.5) is 5.69 Å². The van der Waals surface area contributed by atoms with Crippen LogP contribution in [0.3, 0.4) is 0 Å². The SMILES string of the molecule is COC(=O)C1(C)CN(S(=O)(=O)c2ccc(C)cc2)c2c(ccc3cc(OC)ccc23)C1=O. The number of nitrogens with zero attached hydrogens (tertiary/aromatic N) is 1. The molecule has 4 rings (SSSR count). The van der Waals surface area contributed by atoms with Crippen molar-refractivity contribution in [2.45, 2.75) is 18.7 Å². The lowest BCUT2D eigenvalue weighted by Crippen LogP contribution is -2.53. The lowest BCUT2D eigenvalue weighted by molar-refractivity contribution is -0.148. The normalized spacial score (nSPS) is 18.4. The van der Waals surface area contributed by atoms with E-state index in [9.17, 15) is 18.0 Å². The molecular formula is C24H23NO6S. The molecule has 0 aromatic heterocycles. The Hall–Kier alpha value is -3.39. The molecule has 1 heterocycles. The van der Waals surface area contributed by atoms with E-state index in [1.54, 1.807) is 49.6 Å². The smallest absolute Gasteiger partial charge is 0.321 e. The monoisotopic (exact) mass is 453 g/mol. The summed E-state index contributed by atoms with van der Waals surface area (Å²) in [5, 5.41) is 1.28. The van der Waals surface area contributed by atoms with Crippen LogP contribution >= 0.6 is 0 Å². The minimum atomic E-state index is -4.09. The standard InChI is InChI=1S/C24H23NO6S/c1-15-5-9-18(10-6-15)32(28,29)25-14-24(2,23(27)31-4)22(26)20-11-7-16-13-17(30-3)8-12-19(16)21(20)25/h5-13H,14H2,1-4H3. The first kappa shape index (κ1) is 21.8. The van der Waals surface area contributed by atoms with Gasteiger partial charge in [-0.05, 0) is 55.6 Å². The van der Waals surface area contributed by atoms with E-state index in [1.807, 2.05) is 6.92 Å². The summed E-state index contributed by atoms with van der Waals surface area (Å²) in [6.07, 6.45) is 0. The molecule has 1 atom stereocenters. The van der Waals surface area contributed by atoms with Gasteiger partial charge in [0, 0.05) is 10.9 Å². The first-order valence-corrected chi connectivity index (χ1v) is 11.4. The maximum Gasteiger partial charge on any atom is 0.321 e. The fraction of sp³-hybridized carbons (Fsp3) is 0.250. The Labute approximate surface area is 186 Å². The van der Waals surface area contributed by atoms with Crippen LogP contribution in [-0.2, 0) is 19.6 Å². The largest absolute Gasteiger partial charge is 0.497 e. The Balaban J connectivity index is 2.03. The van der Waals surface area contributed by atoms with Gasteiger partial charge < -0.3 is 9.47 Å². The summed E-state index contributed by atoms with van der Waals surface area (Å²) in [5.41, 5.74) is -0.371. The maximum absolute atomic E-state index is 13.8. The number of fused-ring (bicyclic) bond motifs is 3. The number of esters is 1. The molecule has 3 aromatic carbocycles. The number of ketones is 1. The van der Waals surface area contributed by atoms with E-state index in [0.29, 0.717) is 16.5 Å². The molecule has 166 valence electrons. The number of rotatable bonds is 4. The van der Waals surface area contributed by atoms with E-state index >= 15 is 0 Å². The summed E-state index contributed by atoms with van der Waals surface area (Å²) < 4.78 is 38.9. The lowest BCUT2D eigenvalue weighted by atomic mass is 9.78. The topological polar surface area (TPSA) is 90.0 Å². The van der Waals surface area contributed by atoms with Crippen LogP contribution in [0, 0.1) is 12.3 Å². The Morgan fingerprint density at radius 3 is 2.34 bits per heavy atom. The van der Waals surface area contributed by atoms with E-state index in [0.717, 1.165) is 9.87 Å². The molecule has 0 fully saturated rings. The maximum atomic E-state index is 13.8. The molecule has 3 aromatic rings. The average molecular weight is 454 g/mol. The molecule has 1 unspecified atom stereocenters. The molecule has 0 N–H and O–H groups in total. The number of carbonyl (C=O) groups is 2. The van der Waals surface area contributed by atoms with Gasteiger partial charge in [0.25, 0.3) is 10.0 Å². The zero-order valence-electron chi connectivity index (χ0n) is 18.2. The molecule has 0 amide bonds. The molecule has 0 saturated heterocycles. The van der Waals surface area contributed by atoms with Crippen LogP contribution in [0.25, 0.3) is 10.8 Å². The highest BCUT2D eigenvalue weighted by atomic mass is 32.2. The molecule has 32 heavy (non-hydrogen) atoms. The van der Waals surface area contributed by atoms with Crippen LogP contribution < -0.4 is 9.04 Å². The summed E-state index contributed by atoms with van der Waals surface area (Å²) in [4.78, 5) is 26.1. The number of carbonyl (C=O) groups excluding carboxylic acids is 2. The summed E-state index contributed by atoms with van der Waals surface area (Å²) >= 11 is 0. The number of ether oxygens (including phenoxy) is 2. The second-order valence-electron chi connectivity index (χ2n) is 8.03. The number of hydrogen-bond acceptors (Lipinski definition) is 6. The number of benzene rings is 3. The molecular weight excluding hydrogens is 430 g/mol. The number of anilines is 1. The van der Waals surface area contributed by atoms with E-state index in [1.165, 1.54) is 26.2 Å². The minimum Gasteiger partial charge on any atom is -0.497 e. The number of hydrogen-bond donors (Lipinski definition) is 0. The van der Waals surface area contributed by atoms with Crippen LogP contribution in [0.15, 0.2) is 59.5 Å². The van der Waals surface area contributed by atoms with Crippen LogP contribution in [0.5, 0.6) is 5.75 Å². The summed E-state index contributed by atoms with van der Waals surface area (Å²) in [5.74, 6) is -0.661. The highest BCUT2D eigenvalue weighted by molar-refractivity contribution is 7.92. The Kier molecular flexibility index (Phi) is 5.21. The van der Waals surface area contributed by atoms with Gasteiger partial charge in [0.1, 0.15) is 11.2 Å². The molecule has 8 heteroatoms. The van der Waals surface area contributed by atoms with Crippen molar-refractivity contribution in [2.24, 2.45) is 5.41 Å². The van der Waals surface area contributed by atoms with Gasteiger partial charge in [-0.15, -0.1) is 0 Å². The van der Waals surface area contributed by atoms with Crippen molar-refractivity contribution in [1.29, 1.82) is 0 Å². The molecule has 0 saturated carbocycles. The second kappa shape index (κ2) is 7.63. The number of aryl methyl sites for hydroxylation is 1. The minimum absolute atomic E-state index is 0.0705. The molecule has 1 aliphatic rings. The molecule has 1 aliphatic heterocycles. The van der Waals surface area contributed by atoms with E-state index in [2.05, 4.69) is 0 Å². The van der Waals surface area contributed by atoms with Crippen LogP contribution in [0.1, 0.15) is 22.8 Å². The van der Waals surface area contributed by atoms with Crippen molar-refractivity contribution in [3.63, 3.8) is 0 Å². The van der Waals surface area contributed by atoms with Gasteiger partial charge in [0.15, 0.2) is 5.78 Å². The van der Waals surface area contributed by atoms with Gasteiger partial charge in [-0.3, -0.25) is 13.9 Å². The Morgan fingerprint density at radius 2 is 1.72 bits per heavy atom. The van der Waals surface area contributed by atoms with Crippen molar-refractivity contribution in [3.05, 3.63) is 65.7 Å². The van der Waals surface area contributed by atoms with Gasteiger partial charge in [-0.2, -0.15) is 0 Å². The first-order chi connectivity index (χ1) is 15.1. The van der Waals surface area contributed by atoms with Gasteiger partial charge in [0.05, 0.1) is 31.3 Å². The zero-order valence-corrected chi connectivity index (χ0v) is 19.0. The molecule has 0 spiro atoms. The van der Waals surface area contributed by atoms with Gasteiger partial charge in [0.2, 0.25) is 0 Å². The average Bonchev–Trinajstić information content (AvgIpc) is 2.80. The fourth-order valence-corrected chi connectivity index (χ4v) is 5.63. The predicted molar refractivity (Wildman–Crippen MR) is 121 cm³/mol.